The molecule has 0 aliphatic carbocycles. The van der Waals surface area contributed by atoms with Crippen LogP contribution in [0, 0.1) is 0 Å². The van der Waals surface area contributed by atoms with Crippen molar-refractivity contribution in [3.8, 4) is 0 Å². The van der Waals surface area contributed by atoms with Gasteiger partial charge in [-0.25, -0.2) is 4.79 Å². The van der Waals surface area contributed by atoms with E-state index in [-0.39, 0.29) is 11.9 Å². The molecule has 0 unspecified atom stereocenters. The van der Waals surface area contributed by atoms with E-state index in [0.29, 0.717) is 18.8 Å². The summed E-state index contributed by atoms with van der Waals surface area (Å²) < 4.78 is 10.4. The summed E-state index contributed by atoms with van der Waals surface area (Å²) in [5.41, 5.74) is 0.870. The average molecular weight is 221 g/mol. The van der Waals surface area contributed by atoms with E-state index in [9.17, 15) is 4.79 Å². The molecule has 0 atom stereocenters. The van der Waals surface area contributed by atoms with E-state index in [1.807, 2.05) is 0 Å². The Hall–Kier alpha value is -1.72. The monoisotopic (exact) mass is 221 g/mol. The highest BCUT2D eigenvalue weighted by Gasteiger charge is 2.11. The van der Waals surface area contributed by atoms with Gasteiger partial charge in [0.25, 0.3) is 0 Å². The first kappa shape index (κ1) is 10.8. The molecule has 0 amide bonds. The lowest BCUT2D eigenvalue weighted by Gasteiger charge is -2.01. The minimum atomic E-state index is -0.990. The molecule has 5 heteroatoms. The molecule has 5 nitrogen and oxygen atoms in total. The van der Waals surface area contributed by atoms with Crippen molar-refractivity contribution >= 4 is 12.0 Å². The molecule has 2 heterocycles. The van der Waals surface area contributed by atoms with Gasteiger partial charge in [-0.15, -0.1) is 0 Å². The van der Waals surface area contributed by atoms with Crippen molar-refractivity contribution in [2.75, 3.05) is 13.2 Å². The largest absolute Gasteiger partial charge is 0.478 e. The summed E-state index contributed by atoms with van der Waals surface area (Å²) >= 11 is 0. The van der Waals surface area contributed by atoms with E-state index in [1.54, 1.807) is 24.4 Å². The number of aromatic nitrogens is 1. The van der Waals surface area contributed by atoms with Gasteiger partial charge in [0, 0.05) is 12.4 Å². The molecule has 0 bridgehead atoms. The number of carbonyl (C=O) groups is 1. The van der Waals surface area contributed by atoms with Crippen molar-refractivity contribution in [1.82, 2.24) is 4.98 Å². The summed E-state index contributed by atoms with van der Waals surface area (Å²) in [7, 11) is 0. The van der Waals surface area contributed by atoms with Crippen LogP contribution in [0.1, 0.15) is 15.9 Å². The Morgan fingerprint density at radius 2 is 2.19 bits per heavy atom. The summed E-state index contributed by atoms with van der Waals surface area (Å²) in [5.74, 6) is -0.990. The van der Waals surface area contributed by atoms with Gasteiger partial charge in [0.1, 0.15) is 0 Å². The normalized spacial score (nSPS) is 17.0. The molecule has 1 aromatic heterocycles. The van der Waals surface area contributed by atoms with Gasteiger partial charge in [0.15, 0.2) is 6.29 Å². The molecule has 1 aliphatic rings. The number of carboxylic acid groups (broad SMARTS) is 1. The zero-order valence-corrected chi connectivity index (χ0v) is 8.50. The van der Waals surface area contributed by atoms with Gasteiger partial charge in [-0.3, -0.25) is 4.98 Å². The molecule has 0 radical (unpaired) electrons. The Kier molecular flexibility index (Phi) is 3.28. The molecule has 0 saturated carbocycles. The van der Waals surface area contributed by atoms with E-state index in [0.717, 1.165) is 0 Å². The lowest BCUT2D eigenvalue weighted by atomic mass is 10.2. The minimum absolute atomic E-state index is 0.162. The lowest BCUT2D eigenvalue weighted by Crippen LogP contribution is -2.02. The Morgan fingerprint density at radius 1 is 1.44 bits per heavy atom. The summed E-state index contributed by atoms with van der Waals surface area (Å²) in [5, 5.41) is 8.78. The van der Waals surface area contributed by atoms with E-state index in [2.05, 4.69) is 4.98 Å². The highest BCUT2D eigenvalue weighted by Crippen LogP contribution is 2.09. The molecule has 1 saturated heterocycles. The van der Waals surface area contributed by atoms with Crippen molar-refractivity contribution in [3.05, 3.63) is 35.7 Å². The van der Waals surface area contributed by atoms with E-state index < -0.39 is 5.97 Å². The number of aromatic carboxylic acids is 1. The van der Waals surface area contributed by atoms with Gasteiger partial charge in [-0.1, -0.05) is 6.08 Å². The standard InChI is InChI=1S/C11H11NO4/c13-11(14)9-5-8(6-12-7-9)1-2-10-15-3-4-16-10/h1-2,5-7,10H,3-4H2,(H,13,14)/b2-1+. The highest BCUT2D eigenvalue weighted by atomic mass is 16.7. The van der Waals surface area contributed by atoms with Gasteiger partial charge < -0.3 is 14.6 Å². The number of nitrogens with zero attached hydrogens (tertiary/aromatic N) is 1. The van der Waals surface area contributed by atoms with Crippen LogP contribution in [-0.4, -0.2) is 35.6 Å². The molecule has 2 rings (SSSR count). The number of pyridine rings is 1. The Balaban J connectivity index is 2.08. The third-order valence-corrected chi connectivity index (χ3v) is 2.10. The molecule has 1 N–H and O–H groups in total. The highest BCUT2D eigenvalue weighted by molar-refractivity contribution is 5.87. The van der Waals surface area contributed by atoms with Crippen molar-refractivity contribution in [2.24, 2.45) is 0 Å². The molecule has 0 spiro atoms. The quantitative estimate of drug-likeness (QED) is 0.829. The second kappa shape index (κ2) is 4.87. The third-order valence-electron chi connectivity index (χ3n) is 2.10. The molecule has 1 aliphatic heterocycles. The zero-order chi connectivity index (χ0) is 11.4. The van der Waals surface area contributed by atoms with Gasteiger partial charge in [0.2, 0.25) is 0 Å². The first-order valence-corrected chi connectivity index (χ1v) is 4.85. The fraction of sp³-hybridized carbons (Fsp3) is 0.273. The third kappa shape index (κ3) is 2.65. The topological polar surface area (TPSA) is 68.7 Å². The maximum absolute atomic E-state index is 10.7. The Labute approximate surface area is 92.3 Å². The summed E-state index contributed by atoms with van der Waals surface area (Å²) in [4.78, 5) is 14.5. The molecule has 1 fully saturated rings. The van der Waals surface area contributed by atoms with Gasteiger partial charge in [-0.05, 0) is 17.7 Å². The van der Waals surface area contributed by atoms with Crippen LogP contribution in [-0.2, 0) is 9.47 Å². The summed E-state index contributed by atoms with van der Waals surface area (Å²) in [6, 6.07) is 1.54. The molecular weight excluding hydrogens is 210 g/mol. The van der Waals surface area contributed by atoms with Crippen molar-refractivity contribution < 1.29 is 19.4 Å². The average Bonchev–Trinajstić information content (AvgIpc) is 2.79. The maximum Gasteiger partial charge on any atom is 0.337 e. The van der Waals surface area contributed by atoms with Crippen LogP contribution in [0.15, 0.2) is 24.5 Å². The van der Waals surface area contributed by atoms with Gasteiger partial charge >= 0.3 is 5.97 Å². The van der Waals surface area contributed by atoms with Crippen LogP contribution in [0.5, 0.6) is 0 Å². The molecule has 1 aromatic rings. The second-order valence-corrected chi connectivity index (χ2v) is 3.28. The van der Waals surface area contributed by atoms with E-state index in [1.165, 1.54) is 6.20 Å². The van der Waals surface area contributed by atoms with E-state index >= 15 is 0 Å². The van der Waals surface area contributed by atoms with Crippen LogP contribution < -0.4 is 0 Å². The minimum Gasteiger partial charge on any atom is -0.478 e. The van der Waals surface area contributed by atoms with Crippen LogP contribution in [0.25, 0.3) is 6.08 Å². The number of ether oxygens (including phenoxy) is 2. The Bertz CT molecular complexity index is 410. The predicted molar refractivity (Wildman–Crippen MR) is 55.9 cm³/mol. The zero-order valence-electron chi connectivity index (χ0n) is 8.50. The maximum atomic E-state index is 10.7. The molecule has 0 aromatic carbocycles. The first-order chi connectivity index (χ1) is 7.75. The van der Waals surface area contributed by atoms with Crippen molar-refractivity contribution in [3.63, 3.8) is 0 Å². The number of hydrogen-bond donors (Lipinski definition) is 1. The summed E-state index contributed by atoms with van der Waals surface area (Å²) in [6.45, 7) is 1.17. The molecule has 16 heavy (non-hydrogen) atoms. The second-order valence-electron chi connectivity index (χ2n) is 3.28. The van der Waals surface area contributed by atoms with Crippen molar-refractivity contribution in [1.29, 1.82) is 0 Å². The number of rotatable bonds is 3. The van der Waals surface area contributed by atoms with Crippen LogP contribution in [0.4, 0.5) is 0 Å². The fourth-order valence-electron chi connectivity index (χ4n) is 1.34. The smallest absolute Gasteiger partial charge is 0.337 e. The molecular formula is C11H11NO4. The van der Waals surface area contributed by atoms with Crippen molar-refractivity contribution in [2.45, 2.75) is 6.29 Å². The predicted octanol–water partition coefficient (Wildman–Crippen LogP) is 1.17. The lowest BCUT2D eigenvalue weighted by molar-refractivity contribution is -0.000910. The van der Waals surface area contributed by atoms with Crippen LogP contribution in [0.3, 0.4) is 0 Å². The number of carboxylic acids is 1. The number of hydrogen-bond acceptors (Lipinski definition) is 4. The van der Waals surface area contributed by atoms with Gasteiger partial charge in [-0.2, -0.15) is 0 Å². The first-order valence-electron chi connectivity index (χ1n) is 4.85. The fourth-order valence-corrected chi connectivity index (χ4v) is 1.34. The Morgan fingerprint density at radius 3 is 2.88 bits per heavy atom. The van der Waals surface area contributed by atoms with Crippen LogP contribution >= 0.6 is 0 Å². The molecule has 84 valence electrons. The SMILES string of the molecule is O=C(O)c1cncc(/C=C/C2OCCO2)c1. The van der Waals surface area contributed by atoms with E-state index in [4.69, 9.17) is 14.6 Å². The summed E-state index contributed by atoms with van der Waals surface area (Å²) in [6.07, 6.45) is 6.01. The van der Waals surface area contributed by atoms with Gasteiger partial charge in [0.05, 0.1) is 18.8 Å². The van der Waals surface area contributed by atoms with Crippen LogP contribution in [0.2, 0.25) is 0 Å².